The summed E-state index contributed by atoms with van der Waals surface area (Å²) >= 11 is 0. The summed E-state index contributed by atoms with van der Waals surface area (Å²) in [6, 6.07) is 14.4. The molecule has 30 heavy (non-hydrogen) atoms. The van der Waals surface area contributed by atoms with Gasteiger partial charge >= 0.3 is 5.97 Å². The second-order valence-electron chi connectivity index (χ2n) is 10.2. The van der Waals surface area contributed by atoms with Gasteiger partial charge in [-0.3, -0.25) is 4.79 Å². The largest absolute Gasteiger partial charge is 0.489 e. The number of carbonyl (C=O) groups is 1. The van der Waals surface area contributed by atoms with Gasteiger partial charge in [0.1, 0.15) is 18.0 Å². The highest BCUT2D eigenvalue weighted by molar-refractivity contribution is 5.69. The van der Waals surface area contributed by atoms with Crippen LogP contribution in [0.3, 0.4) is 0 Å². The molecule has 4 nitrogen and oxygen atoms in total. The van der Waals surface area contributed by atoms with E-state index in [1.807, 2.05) is 31.2 Å². The SMILES string of the molecule is CC1OC1(CC(=O)O)c1ccc(OCc2ccc3c(c2)C(C)(C)CCC3(C)C)cc1. The standard InChI is InChI=1S/C26H32O4/c1-17-26(30-17,15-23(27)28)19-7-9-20(10-8-19)29-16-18-6-11-21-22(14-18)25(4,5)13-12-24(21,2)3/h6-11,14,17H,12-13,15-16H2,1-5H3,(H,27,28). The Morgan fingerprint density at radius 3 is 2.20 bits per heavy atom. The molecule has 2 unspecified atom stereocenters. The van der Waals surface area contributed by atoms with Crippen LogP contribution in [0.1, 0.15) is 76.1 Å². The molecule has 1 saturated heterocycles. The molecule has 2 aromatic rings. The number of carboxylic acid groups (broad SMARTS) is 1. The van der Waals surface area contributed by atoms with Crippen LogP contribution in [0.2, 0.25) is 0 Å². The molecule has 2 atom stereocenters. The van der Waals surface area contributed by atoms with Crippen molar-refractivity contribution in [2.45, 2.75) is 83.0 Å². The summed E-state index contributed by atoms with van der Waals surface area (Å²) in [6.45, 7) is 11.7. The average molecular weight is 409 g/mol. The van der Waals surface area contributed by atoms with Crippen LogP contribution in [-0.4, -0.2) is 17.2 Å². The van der Waals surface area contributed by atoms with Gasteiger partial charge in [0.2, 0.25) is 0 Å². The molecule has 160 valence electrons. The third-order valence-corrected chi connectivity index (χ3v) is 7.07. The number of ether oxygens (including phenoxy) is 2. The Morgan fingerprint density at radius 2 is 1.63 bits per heavy atom. The summed E-state index contributed by atoms with van der Waals surface area (Å²) in [6.07, 6.45) is 2.30. The summed E-state index contributed by atoms with van der Waals surface area (Å²) in [5.74, 6) is -0.0759. The van der Waals surface area contributed by atoms with E-state index in [0.29, 0.717) is 6.61 Å². The van der Waals surface area contributed by atoms with Crippen molar-refractivity contribution in [1.29, 1.82) is 0 Å². The van der Waals surface area contributed by atoms with Crippen molar-refractivity contribution < 1.29 is 19.4 Å². The van der Waals surface area contributed by atoms with Gasteiger partial charge in [0.15, 0.2) is 0 Å². The Hall–Kier alpha value is -2.33. The van der Waals surface area contributed by atoms with Gasteiger partial charge in [-0.15, -0.1) is 0 Å². The van der Waals surface area contributed by atoms with Crippen LogP contribution in [0, 0.1) is 0 Å². The maximum Gasteiger partial charge on any atom is 0.306 e. The smallest absolute Gasteiger partial charge is 0.306 e. The van der Waals surface area contributed by atoms with Crippen LogP contribution >= 0.6 is 0 Å². The van der Waals surface area contributed by atoms with E-state index < -0.39 is 11.6 Å². The molecule has 1 aliphatic carbocycles. The lowest BCUT2D eigenvalue weighted by Crippen LogP contribution is -2.33. The van der Waals surface area contributed by atoms with Crippen LogP contribution in [-0.2, 0) is 32.6 Å². The van der Waals surface area contributed by atoms with Crippen molar-refractivity contribution in [3.8, 4) is 5.75 Å². The molecular formula is C26H32O4. The molecule has 1 N–H and O–H groups in total. The van der Waals surface area contributed by atoms with Gasteiger partial charge < -0.3 is 14.6 Å². The molecule has 0 radical (unpaired) electrons. The summed E-state index contributed by atoms with van der Waals surface area (Å²) in [7, 11) is 0. The van der Waals surface area contributed by atoms with E-state index in [9.17, 15) is 9.90 Å². The fourth-order valence-corrected chi connectivity index (χ4v) is 4.82. The minimum atomic E-state index is -0.849. The number of aliphatic carboxylic acids is 1. The Morgan fingerprint density at radius 1 is 1.03 bits per heavy atom. The lowest BCUT2D eigenvalue weighted by atomic mass is 9.63. The van der Waals surface area contributed by atoms with Crippen molar-refractivity contribution in [3.05, 3.63) is 64.7 Å². The lowest BCUT2D eigenvalue weighted by molar-refractivity contribution is -0.138. The molecule has 1 fully saturated rings. The van der Waals surface area contributed by atoms with E-state index in [0.717, 1.165) is 11.3 Å². The topological polar surface area (TPSA) is 59.1 Å². The number of carboxylic acids is 1. The van der Waals surface area contributed by atoms with Crippen LogP contribution in [0.5, 0.6) is 5.75 Å². The molecule has 0 amide bonds. The first-order chi connectivity index (χ1) is 14.0. The fraction of sp³-hybridized carbons (Fsp3) is 0.500. The number of benzene rings is 2. The molecule has 4 rings (SSSR count). The third kappa shape index (κ3) is 3.74. The Kier molecular flexibility index (Phi) is 4.97. The molecule has 1 aliphatic heterocycles. The predicted molar refractivity (Wildman–Crippen MR) is 117 cm³/mol. The van der Waals surface area contributed by atoms with E-state index in [4.69, 9.17) is 9.47 Å². The predicted octanol–water partition coefficient (Wildman–Crippen LogP) is 5.70. The minimum absolute atomic E-state index is 0.0182. The highest BCUT2D eigenvalue weighted by Gasteiger charge is 2.56. The first-order valence-corrected chi connectivity index (χ1v) is 10.8. The molecule has 1 heterocycles. The van der Waals surface area contributed by atoms with E-state index in [1.165, 1.54) is 29.5 Å². The van der Waals surface area contributed by atoms with Crippen molar-refractivity contribution in [2.24, 2.45) is 0 Å². The van der Waals surface area contributed by atoms with Gasteiger partial charge in [-0.1, -0.05) is 58.0 Å². The zero-order chi connectivity index (χ0) is 21.7. The van der Waals surface area contributed by atoms with E-state index in [1.54, 1.807) is 0 Å². The zero-order valence-corrected chi connectivity index (χ0v) is 18.6. The van der Waals surface area contributed by atoms with E-state index in [2.05, 4.69) is 45.9 Å². The van der Waals surface area contributed by atoms with Gasteiger partial charge in [-0.25, -0.2) is 0 Å². The summed E-state index contributed by atoms with van der Waals surface area (Å²) < 4.78 is 11.7. The quantitative estimate of drug-likeness (QED) is 0.623. The molecule has 2 aliphatic rings. The number of hydrogen-bond acceptors (Lipinski definition) is 3. The van der Waals surface area contributed by atoms with Crippen molar-refractivity contribution in [1.82, 2.24) is 0 Å². The molecule has 0 spiro atoms. The molecular weight excluding hydrogens is 376 g/mol. The highest BCUT2D eigenvalue weighted by atomic mass is 16.6. The van der Waals surface area contributed by atoms with Crippen LogP contribution in [0.25, 0.3) is 0 Å². The van der Waals surface area contributed by atoms with Crippen molar-refractivity contribution in [3.63, 3.8) is 0 Å². The highest BCUT2D eigenvalue weighted by Crippen LogP contribution is 2.49. The summed E-state index contributed by atoms with van der Waals surface area (Å²) in [5.41, 5.74) is 4.66. The summed E-state index contributed by atoms with van der Waals surface area (Å²) in [5, 5.41) is 9.18. The molecule has 0 aromatic heterocycles. The van der Waals surface area contributed by atoms with Gasteiger partial charge in [-0.05, 0) is 65.0 Å². The maximum atomic E-state index is 11.2. The molecule has 4 heteroatoms. The molecule has 0 bridgehead atoms. The normalized spacial score (nSPS) is 26.0. The third-order valence-electron chi connectivity index (χ3n) is 7.07. The first kappa shape index (κ1) is 20.9. The Balaban J connectivity index is 1.48. The average Bonchev–Trinajstić information content (AvgIpc) is 3.33. The summed E-state index contributed by atoms with van der Waals surface area (Å²) in [4.78, 5) is 11.2. The van der Waals surface area contributed by atoms with Crippen LogP contribution in [0.15, 0.2) is 42.5 Å². The monoisotopic (exact) mass is 408 g/mol. The number of rotatable bonds is 6. The maximum absolute atomic E-state index is 11.2. The molecule has 2 aromatic carbocycles. The zero-order valence-electron chi connectivity index (χ0n) is 18.6. The number of hydrogen-bond donors (Lipinski definition) is 1. The number of fused-ring (bicyclic) bond motifs is 1. The van der Waals surface area contributed by atoms with Crippen LogP contribution in [0.4, 0.5) is 0 Å². The number of epoxide rings is 1. The van der Waals surface area contributed by atoms with Gasteiger partial charge in [0.05, 0.1) is 12.5 Å². The second-order valence-corrected chi connectivity index (χ2v) is 10.2. The van der Waals surface area contributed by atoms with Gasteiger partial charge in [-0.2, -0.15) is 0 Å². The Labute approximate surface area is 179 Å². The van der Waals surface area contributed by atoms with Gasteiger partial charge in [0.25, 0.3) is 0 Å². The second kappa shape index (κ2) is 7.12. The fourth-order valence-electron chi connectivity index (χ4n) is 4.82. The Bertz CT molecular complexity index is 957. The molecule has 0 saturated carbocycles. The van der Waals surface area contributed by atoms with E-state index >= 15 is 0 Å². The van der Waals surface area contributed by atoms with E-state index in [-0.39, 0.29) is 23.4 Å². The van der Waals surface area contributed by atoms with Gasteiger partial charge in [0, 0.05) is 0 Å². The van der Waals surface area contributed by atoms with Crippen LogP contribution < -0.4 is 4.74 Å². The first-order valence-electron chi connectivity index (χ1n) is 10.8. The van der Waals surface area contributed by atoms with Crippen molar-refractivity contribution in [2.75, 3.05) is 0 Å². The minimum Gasteiger partial charge on any atom is -0.489 e. The lowest BCUT2D eigenvalue weighted by Gasteiger charge is -2.42. The van der Waals surface area contributed by atoms with Crippen molar-refractivity contribution >= 4 is 5.97 Å².